The zero-order valence-electron chi connectivity index (χ0n) is 12.5. The second-order valence-electron chi connectivity index (χ2n) is 5.39. The van der Waals surface area contributed by atoms with Gasteiger partial charge >= 0.3 is 5.97 Å². The third-order valence-corrected chi connectivity index (χ3v) is 3.51. The fraction of sp³-hybridized carbons (Fsp3) is 0.533. The molecule has 106 valence electrons. The van der Waals surface area contributed by atoms with E-state index in [1.807, 2.05) is 26.0 Å². The number of aryl methyl sites for hydroxylation is 2. The molecule has 0 amide bonds. The van der Waals surface area contributed by atoms with Crippen molar-refractivity contribution in [3.63, 3.8) is 0 Å². The van der Waals surface area contributed by atoms with Crippen LogP contribution in [0, 0.1) is 19.3 Å². The molecule has 0 heterocycles. The minimum atomic E-state index is -0.817. The predicted molar refractivity (Wildman–Crippen MR) is 75.2 cm³/mol. The number of methoxy groups -OCH3 is 2. The number of hydrogen-bond acceptors (Lipinski definition) is 4. The quantitative estimate of drug-likeness (QED) is 0.850. The van der Waals surface area contributed by atoms with Crippen molar-refractivity contribution in [1.82, 2.24) is 0 Å². The van der Waals surface area contributed by atoms with Gasteiger partial charge in [0.25, 0.3) is 0 Å². The van der Waals surface area contributed by atoms with Gasteiger partial charge in [0.1, 0.15) is 5.75 Å². The Hall–Kier alpha value is -1.55. The lowest BCUT2D eigenvalue weighted by Gasteiger charge is -2.31. The Labute approximate surface area is 114 Å². The molecule has 1 rings (SSSR count). The van der Waals surface area contributed by atoms with Gasteiger partial charge in [0.05, 0.1) is 19.6 Å². The minimum Gasteiger partial charge on any atom is -0.496 e. The molecule has 0 fully saturated rings. The molecule has 19 heavy (non-hydrogen) atoms. The summed E-state index contributed by atoms with van der Waals surface area (Å²) in [6.07, 6.45) is 0. The van der Waals surface area contributed by atoms with Crippen LogP contribution in [0.1, 0.15) is 36.6 Å². The van der Waals surface area contributed by atoms with Crippen LogP contribution in [-0.2, 0) is 9.53 Å². The molecule has 1 aromatic carbocycles. The maximum atomic E-state index is 11.9. The number of hydrogen-bond donors (Lipinski definition) is 1. The number of nitrogens with two attached hydrogens (primary N) is 1. The maximum absolute atomic E-state index is 11.9. The molecular formula is C15H23NO3. The lowest BCUT2D eigenvalue weighted by atomic mass is 9.79. The number of esters is 1. The number of rotatable bonds is 4. The second-order valence-corrected chi connectivity index (χ2v) is 5.39. The average Bonchev–Trinajstić information content (AvgIpc) is 2.35. The lowest BCUT2D eigenvalue weighted by Crippen LogP contribution is -2.38. The van der Waals surface area contributed by atoms with Crippen molar-refractivity contribution in [2.45, 2.75) is 33.7 Å². The van der Waals surface area contributed by atoms with Crippen molar-refractivity contribution in [3.8, 4) is 5.75 Å². The molecule has 0 bridgehead atoms. The summed E-state index contributed by atoms with van der Waals surface area (Å²) in [5.74, 6) is 0.379. The fourth-order valence-electron chi connectivity index (χ4n) is 2.26. The monoisotopic (exact) mass is 265 g/mol. The Bertz CT molecular complexity index is 481. The smallest absolute Gasteiger partial charge is 0.313 e. The molecule has 0 saturated heterocycles. The molecule has 1 atom stereocenters. The van der Waals surface area contributed by atoms with Crippen molar-refractivity contribution in [3.05, 3.63) is 28.8 Å². The number of ether oxygens (including phenoxy) is 2. The van der Waals surface area contributed by atoms with E-state index in [9.17, 15) is 4.79 Å². The van der Waals surface area contributed by atoms with Gasteiger partial charge in [-0.25, -0.2) is 0 Å². The van der Waals surface area contributed by atoms with Crippen LogP contribution < -0.4 is 10.5 Å². The van der Waals surface area contributed by atoms with E-state index in [2.05, 4.69) is 0 Å². The van der Waals surface area contributed by atoms with E-state index in [0.717, 1.165) is 16.7 Å². The first-order valence-electron chi connectivity index (χ1n) is 6.24. The Kier molecular flexibility index (Phi) is 4.58. The Balaban J connectivity index is 3.33. The van der Waals surface area contributed by atoms with Crippen molar-refractivity contribution < 1.29 is 14.3 Å². The molecule has 0 radical (unpaired) electrons. The van der Waals surface area contributed by atoms with Gasteiger partial charge in [-0.15, -0.1) is 0 Å². The molecule has 0 aliphatic heterocycles. The molecule has 4 nitrogen and oxygen atoms in total. The van der Waals surface area contributed by atoms with E-state index in [1.54, 1.807) is 21.0 Å². The minimum absolute atomic E-state index is 0.331. The van der Waals surface area contributed by atoms with Crippen LogP contribution in [0.15, 0.2) is 12.1 Å². The zero-order chi connectivity index (χ0) is 14.8. The molecule has 0 aliphatic rings. The maximum Gasteiger partial charge on any atom is 0.313 e. The van der Waals surface area contributed by atoms with Gasteiger partial charge in [-0.05, 0) is 44.9 Å². The van der Waals surface area contributed by atoms with Gasteiger partial charge < -0.3 is 15.2 Å². The molecule has 2 N–H and O–H groups in total. The summed E-state index contributed by atoms with van der Waals surface area (Å²) in [7, 11) is 2.98. The van der Waals surface area contributed by atoms with Gasteiger partial charge in [-0.3, -0.25) is 4.79 Å². The van der Waals surface area contributed by atoms with Crippen molar-refractivity contribution in [2.75, 3.05) is 14.2 Å². The summed E-state index contributed by atoms with van der Waals surface area (Å²) >= 11 is 0. The van der Waals surface area contributed by atoms with Crippen LogP contribution in [0.25, 0.3) is 0 Å². The van der Waals surface area contributed by atoms with Crippen molar-refractivity contribution in [1.29, 1.82) is 0 Å². The van der Waals surface area contributed by atoms with Gasteiger partial charge in [0, 0.05) is 11.6 Å². The SMILES string of the molecule is COC(=O)C(C)(C)C(N)c1c(C)cc(C)cc1OC. The molecule has 0 saturated carbocycles. The largest absolute Gasteiger partial charge is 0.496 e. The summed E-state index contributed by atoms with van der Waals surface area (Å²) in [6, 6.07) is 3.47. The van der Waals surface area contributed by atoms with E-state index in [1.165, 1.54) is 7.11 Å². The van der Waals surface area contributed by atoms with E-state index < -0.39 is 11.5 Å². The highest BCUT2D eigenvalue weighted by Gasteiger charge is 2.38. The first-order valence-corrected chi connectivity index (χ1v) is 6.24. The van der Waals surface area contributed by atoms with Crippen LogP contribution in [0.3, 0.4) is 0 Å². The third kappa shape index (κ3) is 2.89. The first-order chi connectivity index (χ1) is 8.75. The van der Waals surface area contributed by atoms with Crippen LogP contribution in [0.5, 0.6) is 5.75 Å². The highest BCUT2D eigenvalue weighted by atomic mass is 16.5. The molecule has 0 aliphatic carbocycles. The van der Waals surface area contributed by atoms with Gasteiger partial charge in [0.15, 0.2) is 0 Å². The van der Waals surface area contributed by atoms with Crippen LogP contribution in [0.2, 0.25) is 0 Å². The van der Waals surface area contributed by atoms with Crippen LogP contribution >= 0.6 is 0 Å². The van der Waals surface area contributed by atoms with Gasteiger partial charge in [-0.2, -0.15) is 0 Å². The van der Waals surface area contributed by atoms with Gasteiger partial charge in [-0.1, -0.05) is 6.07 Å². The van der Waals surface area contributed by atoms with E-state index >= 15 is 0 Å². The number of benzene rings is 1. The molecule has 4 heteroatoms. The fourth-order valence-corrected chi connectivity index (χ4v) is 2.26. The van der Waals surface area contributed by atoms with E-state index in [0.29, 0.717) is 5.75 Å². The number of carbonyl (C=O) groups excluding carboxylic acids is 1. The number of carbonyl (C=O) groups is 1. The summed E-state index contributed by atoms with van der Waals surface area (Å²) in [6.45, 7) is 7.53. The summed E-state index contributed by atoms with van der Waals surface area (Å²) in [5.41, 5.74) is 8.44. The summed E-state index contributed by atoms with van der Waals surface area (Å²) in [5, 5.41) is 0. The summed E-state index contributed by atoms with van der Waals surface area (Å²) in [4.78, 5) is 11.9. The van der Waals surface area contributed by atoms with E-state index in [-0.39, 0.29) is 5.97 Å². The van der Waals surface area contributed by atoms with Crippen molar-refractivity contribution >= 4 is 5.97 Å². The molecule has 0 spiro atoms. The highest BCUT2D eigenvalue weighted by Crippen LogP contribution is 2.39. The first kappa shape index (κ1) is 15.5. The standard InChI is InChI=1S/C15H23NO3/c1-9-7-10(2)12(11(8-9)18-5)13(16)15(3,4)14(17)19-6/h7-8,13H,16H2,1-6H3. The highest BCUT2D eigenvalue weighted by molar-refractivity contribution is 5.77. The normalized spacial score (nSPS) is 13.0. The average molecular weight is 265 g/mol. The van der Waals surface area contributed by atoms with Crippen LogP contribution in [0.4, 0.5) is 0 Å². The third-order valence-electron chi connectivity index (χ3n) is 3.51. The molecule has 0 aromatic heterocycles. The van der Waals surface area contributed by atoms with Crippen LogP contribution in [-0.4, -0.2) is 20.2 Å². The molecule has 1 aromatic rings. The van der Waals surface area contributed by atoms with Crippen molar-refractivity contribution in [2.24, 2.45) is 11.1 Å². The van der Waals surface area contributed by atoms with Gasteiger partial charge in [0.2, 0.25) is 0 Å². The topological polar surface area (TPSA) is 61.5 Å². The predicted octanol–water partition coefficient (Wildman–Crippen LogP) is 2.51. The lowest BCUT2D eigenvalue weighted by molar-refractivity contribution is -0.152. The van der Waals surface area contributed by atoms with E-state index in [4.69, 9.17) is 15.2 Å². The Morgan fingerprint density at radius 1 is 1.26 bits per heavy atom. The second kappa shape index (κ2) is 5.61. The Morgan fingerprint density at radius 2 is 1.84 bits per heavy atom. The summed E-state index contributed by atoms with van der Waals surface area (Å²) < 4.78 is 10.2. The molecule has 1 unspecified atom stereocenters. The zero-order valence-corrected chi connectivity index (χ0v) is 12.5. The molecular weight excluding hydrogens is 242 g/mol. The Morgan fingerprint density at radius 3 is 2.32 bits per heavy atom.